The number of nitrogens with one attached hydrogen (secondary N) is 2. The molecule has 0 atom stereocenters. The van der Waals surface area contributed by atoms with Gasteiger partial charge in [0.25, 0.3) is 0 Å². The van der Waals surface area contributed by atoms with Gasteiger partial charge in [0.2, 0.25) is 5.82 Å². The molecule has 0 bridgehead atoms. The molecule has 108 valence electrons. The first-order valence-electron chi connectivity index (χ1n) is 5.98. The van der Waals surface area contributed by atoms with E-state index >= 15 is 0 Å². The standard InChI is InChI=1S/C13H12N4O4/c18-13(19)15-8-9-3-5-10(6-4-9)16-12-11(17(20)21)2-1-7-14-12/h1-7,15H,8H2,(H,14,16)(H,18,19). The molecule has 0 fully saturated rings. The average Bonchev–Trinajstić information content (AvgIpc) is 2.47. The van der Waals surface area contributed by atoms with Gasteiger partial charge in [-0.1, -0.05) is 12.1 Å². The summed E-state index contributed by atoms with van der Waals surface area (Å²) in [6.07, 6.45) is 0.363. The van der Waals surface area contributed by atoms with Gasteiger partial charge in [-0.2, -0.15) is 0 Å². The lowest BCUT2D eigenvalue weighted by atomic mass is 10.2. The van der Waals surface area contributed by atoms with Gasteiger partial charge in [0.15, 0.2) is 0 Å². The highest BCUT2D eigenvalue weighted by Crippen LogP contribution is 2.24. The monoisotopic (exact) mass is 288 g/mol. The molecule has 8 nitrogen and oxygen atoms in total. The van der Waals surface area contributed by atoms with Crippen molar-refractivity contribution < 1.29 is 14.8 Å². The number of carboxylic acid groups (broad SMARTS) is 1. The molecule has 0 unspecified atom stereocenters. The zero-order chi connectivity index (χ0) is 15.2. The lowest BCUT2D eigenvalue weighted by molar-refractivity contribution is -0.384. The van der Waals surface area contributed by atoms with Crippen LogP contribution in [0, 0.1) is 10.1 Å². The Morgan fingerprint density at radius 1 is 1.29 bits per heavy atom. The Morgan fingerprint density at radius 3 is 2.62 bits per heavy atom. The Hall–Kier alpha value is -3.16. The van der Waals surface area contributed by atoms with E-state index in [-0.39, 0.29) is 18.1 Å². The van der Waals surface area contributed by atoms with Crippen LogP contribution in [0.3, 0.4) is 0 Å². The minimum absolute atomic E-state index is 0.117. The van der Waals surface area contributed by atoms with E-state index in [1.165, 1.54) is 18.3 Å². The SMILES string of the molecule is O=C(O)NCc1ccc(Nc2ncccc2[N+](=O)[O-])cc1. The Balaban J connectivity index is 2.10. The van der Waals surface area contributed by atoms with E-state index in [2.05, 4.69) is 15.6 Å². The van der Waals surface area contributed by atoms with Crippen molar-refractivity contribution in [3.05, 3.63) is 58.3 Å². The van der Waals surface area contributed by atoms with Crippen molar-refractivity contribution in [3.8, 4) is 0 Å². The molecule has 0 saturated carbocycles. The highest BCUT2D eigenvalue weighted by Gasteiger charge is 2.13. The minimum Gasteiger partial charge on any atom is -0.465 e. The summed E-state index contributed by atoms with van der Waals surface area (Å²) in [6, 6.07) is 9.67. The average molecular weight is 288 g/mol. The molecule has 1 heterocycles. The second-order valence-corrected chi connectivity index (χ2v) is 4.11. The predicted octanol–water partition coefficient (Wildman–Crippen LogP) is 2.50. The van der Waals surface area contributed by atoms with E-state index in [0.29, 0.717) is 5.69 Å². The largest absolute Gasteiger partial charge is 0.465 e. The number of hydrogen-bond acceptors (Lipinski definition) is 5. The van der Waals surface area contributed by atoms with Gasteiger partial charge >= 0.3 is 11.8 Å². The molecular weight excluding hydrogens is 276 g/mol. The molecule has 0 spiro atoms. The van der Waals surface area contributed by atoms with Crippen LogP contribution >= 0.6 is 0 Å². The van der Waals surface area contributed by atoms with Crippen LogP contribution < -0.4 is 10.6 Å². The first kappa shape index (κ1) is 14.3. The molecule has 2 rings (SSSR count). The van der Waals surface area contributed by atoms with Crippen LogP contribution in [0.4, 0.5) is 22.0 Å². The van der Waals surface area contributed by atoms with Gasteiger partial charge in [0.1, 0.15) is 0 Å². The van der Waals surface area contributed by atoms with Crippen LogP contribution in [-0.2, 0) is 6.54 Å². The Bertz CT molecular complexity index is 657. The molecule has 0 aliphatic rings. The molecule has 8 heteroatoms. The van der Waals surface area contributed by atoms with Crippen LogP contribution in [0.2, 0.25) is 0 Å². The van der Waals surface area contributed by atoms with Crippen LogP contribution in [0.5, 0.6) is 0 Å². The highest BCUT2D eigenvalue weighted by molar-refractivity contribution is 5.66. The maximum absolute atomic E-state index is 10.9. The molecule has 0 aliphatic heterocycles. The van der Waals surface area contributed by atoms with Crippen molar-refractivity contribution in [1.29, 1.82) is 0 Å². The molecule has 1 aromatic heterocycles. The molecule has 3 N–H and O–H groups in total. The number of rotatable bonds is 5. The first-order valence-corrected chi connectivity index (χ1v) is 5.98. The number of carbonyl (C=O) groups is 1. The zero-order valence-electron chi connectivity index (χ0n) is 10.8. The van der Waals surface area contributed by atoms with Gasteiger partial charge in [-0.05, 0) is 23.8 Å². The number of amides is 1. The number of aromatic nitrogens is 1. The summed E-state index contributed by atoms with van der Waals surface area (Å²) in [4.78, 5) is 24.7. The van der Waals surface area contributed by atoms with Crippen molar-refractivity contribution in [2.45, 2.75) is 6.54 Å². The number of anilines is 2. The van der Waals surface area contributed by atoms with E-state index in [0.717, 1.165) is 5.56 Å². The van der Waals surface area contributed by atoms with E-state index in [1.54, 1.807) is 24.3 Å². The van der Waals surface area contributed by atoms with Crippen molar-refractivity contribution in [2.24, 2.45) is 0 Å². The molecular formula is C13H12N4O4. The lowest BCUT2D eigenvalue weighted by Gasteiger charge is -2.07. The van der Waals surface area contributed by atoms with Crippen LogP contribution in [-0.4, -0.2) is 21.1 Å². The molecule has 1 aromatic carbocycles. The zero-order valence-corrected chi connectivity index (χ0v) is 10.8. The van der Waals surface area contributed by atoms with E-state index in [4.69, 9.17) is 5.11 Å². The fraction of sp³-hybridized carbons (Fsp3) is 0.0769. The quantitative estimate of drug-likeness (QED) is 0.574. The third kappa shape index (κ3) is 3.90. The molecule has 0 saturated heterocycles. The van der Waals surface area contributed by atoms with Crippen LogP contribution in [0.25, 0.3) is 0 Å². The number of pyridine rings is 1. The summed E-state index contributed by atoms with van der Waals surface area (Å²) < 4.78 is 0. The summed E-state index contributed by atoms with van der Waals surface area (Å²) in [7, 11) is 0. The van der Waals surface area contributed by atoms with Gasteiger partial charge in [-0.15, -0.1) is 0 Å². The van der Waals surface area contributed by atoms with Crippen molar-refractivity contribution >= 4 is 23.3 Å². The third-order valence-corrected chi connectivity index (χ3v) is 2.64. The summed E-state index contributed by atoms with van der Waals surface area (Å²) in [5.41, 5.74) is 1.28. The number of nitro groups is 1. The normalized spacial score (nSPS) is 9.90. The van der Waals surface area contributed by atoms with Crippen LogP contribution in [0.15, 0.2) is 42.6 Å². The van der Waals surface area contributed by atoms with E-state index in [9.17, 15) is 14.9 Å². The lowest BCUT2D eigenvalue weighted by Crippen LogP contribution is -2.19. The maximum Gasteiger partial charge on any atom is 0.404 e. The number of nitrogens with zero attached hydrogens (tertiary/aromatic N) is 2. The summed E-state index contributed by atoms with van der Waals surface area (Å²) >= 11 is 0. The number of hydrogen-bond donors (Lipinski definition) is 3. The van der Waals surface area contributed by atoms with Gasteiger partial charge in [0, 0.05) is 24.5 Å². The van der Waals surface area contributed by atoms with Gasteiger partial charge in [0.05, 0.1) is 4.92 Å². The Labute approximate surface area is 119 Å². The summed E-state index contributed by atoms with van der Waals surface area (Å²) in [6.45, 7) is 0.194. The maximum atomic E-state index is 10.9. The first-order chi connectivity index (χ1) is 10.1. The minimum atomic E-state index is -1.10. The van der Waals surface area contributed by atoms with E-state index in [1.807, 2.05) is 0 Å². The van der Waals surface area contributed by atoms with Crippen molar-refractivity contribution in [2.75, 3.05) is 5.32 Å². The topological polar surface area (TPSA) is 117 Å². The second-order valence-electron chi connectivity index (χ2n) is 4.11. The van der Waals surface area contributed by atoms with Gasteiger partial charge in [-0.3, -0.25) is 10.1 Å². The van der Waals surface area contributed by atoms with Crippen molar-refractivity contribution in [1.82, 2.24) is 10.3 Å². The van der Waals surface area contributed by atoms with E-state index < -0.39 is 11.0 Å². The molecule has 0 aliphatic carbocycles. The third-order valence-electron chi connectivity index (χ3n) is 2.64. The molecule has 1 amide bonds. The second kappa shape index (κ2) is 6.33. The fourth-order valence-electron chi connectivity index (χ4n) is 1.66. The molecule has 0 radical (unpaired) electrons. The number of benzene rings is 1. The highest BCUT2D eigenvalue weighted by atomic mass is 16.6. The Morgan fingerprint density at radius 2 is 2.00 bits per heavy atom. The smallest absolute Gasteiger partial charge is 0.404 e. The summed E-state index contributed by atoms with van der Waals surface area (Å²) in [5, 5.41) is 24.5. The Kier molecular flexibility index (Phi) is 4.30. The van der Waals surface area contributed by atoms with Gasteiger partial charge in [-0.25, -0.2) is 9.78 Å². The summed E-state index contributed by atoms with van der Waals surface area (Å²) in [5.74, 6) is 0.152. The van der Waals surface area contributed by atoms with Gasteiger partial charge < -0.3 is 15.7 Å². The van der Waals surface area contributed by atoms with Crippen LogP contribution in [0.1, 0.15) is 5.56 Å². The molecule has 2 aromatic rings. The molecule has 21 heavy (non-hydrogen) atoms. The van der Waals surface area contributed by atoms with Crippen molar-refractivity contribution in [3.63, 3.8) is 0 Å². The predicted molar refractivity (Wildman–Crippen MR) is 75.5 cm³/mol. The fourth-order valence-corrected chi connectivity index (χ4v) is 1.66.